The molecule has 1 fully saturated rings. The largest absolute Gasteiger partial charge is 0.496 e. The van der Waals surface area contributed by atoms with Crippen LogP contribution in [0.1, 0.15) is 36.0 Å². The summed E-state index contributed by atoms with van der Waals surface area (Å²) in [6, 6.07) is 3.19. The Bertz CT molecular complexity index is 497. The molecule has 0 saturated heterocycles. The predicted molar refractivity (Wildman–Crippen MR) is 76.9 cm³/mol. The van der Waals surface area contributed by atoms with E-state index in [0.717, 1.165) is 25.7 Å². The number of methoxy groups -OCH3 is 3. The van der Waals surface area contributed by atoms with Gasteiger partial charge in [0, 0.05) is 12.1 Å². The van der Waals surface area contributed by atoms with Gasteiger partial charge >= 0.3 is 0 Å². The quantitative estimate of drug-likeness (QED) is 0.816. The highest BCUT2D eigenvalue weighted by molar-refractivity contribution is 5.97. The fourth-order valence-electron chi connectivity index (χ4n) is 2.40. The fraction of sp³-hybridized carbons (Fsp3) is 0.533. The third-order valence-electron chi connectivity index (χ3n) is 3.57. The number of amides is 1. The van der Waals surface area contributed by atoms with Crippen LogP contribution in [0.4, 0.5) is 0 Å². The lowest BCUT2D eigenvalue weighted by atomic mass is 10.1. The van der Waals surface area contributed by atoms with E-state index in [-0.39, 0.29) is 12.0 Å². The zero-order valence-corrected chi connectivity index (χ0v) is 12.6. The number of hydroxylamine groups is 1. The molecule has 0 aliphatic heterocycles. The number of hydrogen-bond acceptors (Lipinski definition) is 5. The third-order valence-corrected chi connectivity index (χ3v) is 3.57. The first-order chi connectivity index (χ1) is 10.2. The topological polar surface area (TPSA) is 66.0 Å². The van der Waals surface area contributed by atoms with Gasteiger partial charge in [0.05, 0.1) is 33.0 Å². The minimum Gasteiger partial charge on any atom is -0.496 e. The lowest BCUT2D eigenvalue weighted by molar-refractivity contribution is -0.0126. The van der Waals surface area contributed by atoms with E-state index in [2.05, 4.69) is 5.48 Å². The fourth-order valence-corrected chi connectivity index (χ4v) is 2.40. The summed E-state index contributed by atoms with van der Waals surface area (Å²) >= 11 is 0. The molecule has 1 aliphatic rings. The van der Waals surface area contributed by atoms with E-state index in [9.17, 15) is 4.79 Å². The number of carbonyl (C=O) groups excluding carboxylic acids is 1. The molecule has 0 aromatic heterocycles. The minimum absolute atomic E-state index is 0.0973. The Hall–Kier alpha value is -1.95. The molecule has 0 bridgehead atoms. The third kappa shape index (κ3) is 3.58. The average molecular weight is 295 g/mol. The summed E-state index contributed by atoms with van der Waals surface area (Å²) in [7, 11) is 4.54. The Balaban J connectivity index is 2.14. The first-order valence-electron chi connectivity index (χ1n) is 6.95. The van der Waals surface area contributed by atoms with Gasteiger partial charge in [0.15, 0.2) is 11.5 Å². The van der Waals surface area contributed by atoms with Crippen molar-refractivity contribution in [2.24, 2.45) is 0 Å². The summed E-state index contributed by atoms with van der Waals surface area (Å²) in [5, 5.41) is 0. The molecule has 2 rings (SSSR count). The maximum Gasteiger partial charge on any atom is 0.278 e. The SMILES string of the molecule is COc1cc(OC)c(C(=O)NOC2CCCC2)cc1OC. The number of ether oxygens (including phenoxy) is 3. The van der Waals surface area contributed by atoms with Crippen LogP contribution in [0.5, 0.6) is 17.2 Å². The molecule has 0 heterocycles. The number of nitrogens with one attached hydrogen (secondary N) is 1. The van der Waals surface area contributed by atoms with Crippen LogP contribution in [0.2, 0.25) is 0 Å². The number of hydrogen-bond donors (Lipinski definition) is 1. The van der Waals surface area contributed by atoms with E-state index in [0.29, 0.717) is 22.8 Å². The summed E-state index contributed by atoms with van der Waals surface area (Å²) in [5.41, 5.74) is 2.83. The van der Waals surface area contributed by atoms with Crippen LogP contribution in [-0.2, 0) is 4.84 Å². The van der Waals surface area contributed by atoms with Crippen molar-refractivity contribution in [3.63, 3.8) is 0 Å². The van der Waals surface area contributed by atoms with Crippen molar-refractivity contribution in [2.75, 3.05) is 21.3 Å². The van der Waals surface area contributed by atoms with Gasteiger partial charge in [-0.3, -0.25) is 9.63 Å². The van der Waals surface area contributed by atoms with Crippen molar-refractivity contribution in [3.05, 3.63) is 17.7 Å². The normalized spacial score (nSPS) is 14.8. The number of benzene rings is 1. The Morgan fingerprint density at radius 3 is 2.14 bits per heavy atom. The average Bonchev–Trinajstić information content (AvgIpc) is 3.04. The van der Waals surface area contributed by atoms with Crippen LogP contribution < -0.4 is 19.7 Å². The van der Waals surface area contributed by atoms with Crippen molar-refractivity contribution < 1.29 is 23.8 Å². The number of carbonyl (C=O) groups is 1. The molecule has 21 heavy (non-hydrogen) atoms. The summed E-state index contributed by atoms with van der Waals surface area (Å²) in [6.45, 7) is 0. The van der Waals surface area contributed by atoms with E-state index in [1.165, 1.54) is 21.3 Å². The predicted octanol–water partition coefficient (Wildman–Crippen LogP) is 2.32. The van der Waals surface area contributed by atoms with E-state index in [4.69, 9.17) is 19.0 Å². The van der Waals surface area contributed by atoms with Gasteiger partial charge in [0.1, 0.15) is 5.75 Å². The van der Waals surface area contributed by atoms with E-state index >= 15 is 0 Å². The first kappa shape index (κ1) is 15.4. The van der Waals surface area contributed by atoms with E-state index < -0.39 is 0 Å². The monoisotopic (exact) mass is 295 g/mol. The molecule has 0 unspecified atom stereocenters. The minimum atomic E-state index is -0.361. The highest BCUT2D eigenvalue weighted by Crippen LogP contribution is 2.34. The van der Waals surface area contributed by atoms with Gasteiger partial charge in [0.25, 0.3) is 5.91 Å². The van der Waals surface area contributed by atoms with Gasteiger partial charge in [-0.05, 0) is 12.8 Å². The van der Waals surface area contributed by atoms with Crippen molar-refractivity contribution >= 4 is 5.91 Å². The first-order valence-corrected chi connectivity index (χ1v) is 6.95. The van der Waals surface area contributed by atoms with Crippen LogP contribution in [0, 0.1) is 0 Å². The van der Waals surface area contributed by atoms with Crippen molar-refractivity contribution in [3.8, 4) is 17.2 Å². The molecule has 1 aliphatic carbocycles. The number of rotatable bonds is 6. The summed E-state index contributed by atoms with van der Waals surface area (Å²) in [5.74, 6) is 1.01. The molecule has 6 heteroatoms. The van der Waals surface area contributed by atoms with Crippen molar-refractivity contribution in [1.82, 2.24) is 5.48 Å². The Kier molecular flexibility index (Phi) is 5.27. The van der Waals surface area contributed by atoms with Crippen LogP contribution >= 0.6 is 0 Å². The van der Waals surface area contributed by atoms with Gasteiger partial charge in [0.2, 0.25) is 0 Å². The zero-order valence-electron chi connectivity index (χ0n) is 12.6. The summed E-state index contributed by atoms with van der Waals surface area (Å²) < 4.78 is 15.6. The van der Waals surface area contributed by atoms with Crippen LogP contribution in [-0.4, -0.2) is 33.3 Å². The molecule has 0 atom stereocenters. The van der Waals surface area contributed by atoms with Crippen LogP contribution in [0.15, 0.2) is 12.1 Å². The molecular formula is C15H21NO5. The second-order valence-corrected chi connectivity index (χ2v) is 4.86. The lowest BCUT2D eigenvalue weighted by Gasteiger charge is -2.15. The van der Waals surface area contributed by atoms with Gasteiger partial charge in [-0.25, -0.2) is 5.48 Å². The molecule has 1 saturated carbocycles. The Morgan fingerprint density at radius 2 is 1.57 bits per heavy atom. The van der Waals surface area contributed by atoms with E-state index in [1.54, 1.807) is 12.1 Å². The van der Waals surface area contributed by atoms with Crippen molar-refractivity contribution in [1.29, 1.82) is 0 Å². The second-order valence-electron chi connectivity index (χ2n) is 4.86. The van der Waals surface area contributed by atoms with Gasteiger partial charge < -0.3 is 14.2 Å². The maximum atomic E-state index is 12.2. The highest BCUT2D eigenvalue weighted by Gasteiger charge is 2.21. The molecule has 0 spiro atoms. The molecule has 1 aromatic rings. The maximum absolute atomic E-state index is 12.2. The van der Waals surface area contributed by atoms with Crippen molar-refractivity contribution in [2.45, 2.75) is 31.8 Å². The zero-order chi connectivity index (χ0) is 15.2. The summed E-state index contributed by atoms with van der Waals surface area (Å²) in [6.07, 6.45) is 4.33. The molecule has 1 N–H and O–H groups in total. The summed E-state index contributed by atoms with van der Waals surface area (Å²) in [4.78, 5) is 17.7. The van der Waals surface area contributed by atoms with Crippen LogP contribution in [0.3, 0.4) is 0 Å². The molecular weight excluding hydrogens is 274 g/mol. The standard InChI is InChI=1S/C15H21NO5/c1-18-12-9-14(20-3)13(19-2)8-11(12)15(17)16-21-10-6-4-5-7-10/h8-10H,4-7H2,1-3H3,(H,16,17). The smallest absolute Gasteiger partial charge is 0.278 e. The molecule has 116 valence electrons. The van der Waals surface area contributed by atoms with Gasteiger partial charge in [-0.1, -0.05) is 12.8 Å². The van der Waals surface area contributed by atoms with E-state index in [1.807, 2.05) is 0 Å². The van der Waals surface area contributed by atoms with Gasteiger partial charge in [-0.15, -0.1) is 0 Å². The molecule has 0 radical (unpaired) electrons. The molecule has 1 aromatic carbocycles. The lowest BCUT2D eigenvalue weighted by Crippen LogP contribution is -2.28. The second kappa shape index (κ2) is 7.17. The Morgan fingerprint density at radius 1 is 1.00 bits per heavy atom. The Labute approximate surface area is 124 Å². The molecule has 1 amide bonds. The highest BCUT2D eigenvalue weighted by atomic mass is 16.7. The molecule has 6 nitrogen and oxygen atoms in total. The van der Waals surface area contributed by atoms with Crippen LogP contribution in [0.25, 0.3) is 0 Å². The van der Waals surface area contributed by atoms with Gasteiger partial charge in [-0.2, -0.15) is 0 Å².